The minimum atomic E-state index is 0.153. The summed E-state index contributed by atoms with van der Waals surface area (Å²) >= 11 is 6.74. The van der Waals surface area contributed by atoms with E-state index in [-0.39, 0.29) is 11.7 Å². The van der Waals surface area contributed by atoms with Gasteiger partial charge in [-0.1, -0.05) is 18.5 Å². The first-order valence-corrected chi connectivity index (χ1v) is 11.8. The molecule has 0 spiro atoms. The number of carbonyl (C=O) groups is 1. The maximum absolute atomic E-state index is 11.6. The minimum Gasteiger partial charge on any atom is -0.370 e. The first-order valence-electron chi connectivity index (χ1n) is 11.5. The van der Waals surface area contributed by atoms with E-state index in [1.165, 1.54) is 5.56 Å². The van der Waals surface area contributed by atoms with Crippen molar-refractivity contribution in [2.75, 3.05) is 18.0 Å². The van der Waals surface area contributed by atoms with E-state index in [4.69, 9.17) is 16.6 Å². The molecule has 0 bridgehead atoms. The van der Waals surface area contributed by atoms with Gasteiger partial charge in [0, 0.05) is 31.1 Å². The average Bonchev–Trinajstić information content (AvgIpc) is 3.29. The molecule has 3 aromatic heterocycles. The van der Waals surface area contributed by atoms with Gasteiger partial charge in [0.25, 0.3) is 0 Å². The van der Waals surface area contributed by atoms with Crippen LogP contribution in [0.1, 0.15) is 50.3 Å². The molecule has 0 radical (unpaired) electrons. The molecule has 4 heterocycles. The van der Waals surface area contributed by atoms with E-state index in [1.807, 2.05) is 18.3 Å². The van der Waals surface area contributed by atoms with Crippen molar-refractivity contribution in [1.82, 2.24) is 24.9 Å². The molecule has 4 aromatic rings. The third-order valence-corrected chi connectivity index (χ3v) is 7.00. The maximum Gasteiger partial charge on any atom is 0.180 e. The van der Waals surface area contributed by atoms with Gasteiger partial charge in [0.05, 0.1) is 28.2 Å². The summed E-state index contributed by atoms with van der Waals surface area (Å²) in [6.45, 7) is 5.70. The molecular formula is C25H27ClN6O. The number of nitrogens with one attached hydrogen (secondary N) is 1. The molecular weight excluding hydrogens is 436 g/mol. The zero-order valence-corrected chi connectivity index (χ0v) is 19.6. The number of halogens is 1. The number of fused-ring (bicyclic) bond motifs is 2. The van der Waals surface area contributed by atoms with Crippen LogP contribution in [0.25, 0.3) is 22.1 Å². The summed E-state index contributed by atoms with van der Waals surface area (Å²) < 4.78 is 0. The quantitative estimate of drug-likeness (QED) is 0.429. The number of H-pyrrole nitrogens is 1. The predicted octanol–water partition coefficient (Wildman–Crippen LogP) is 5.10. The molecule has 33 heavy (non-hydrogen) atoms. The number of aromatic amines is 1. The lowest BCUT2D eigenvalue weighted by Crippen LogP contribution is -2.35. The number of aromatic nitrogens is 5. The fourth-order valence-electron chi connectivity index (χ4n) is 5.05. The Bertz CT molecular complexity index is 1310. The summed E-state index contributed by atoms with van der Waals surface area (Å²) in [5, 5.41) is 1.68. The number of nitrogens with zero attached hydrogens (tertiary/aromatic N) is 5. The second kappa shape index (κ2) is 9.06. The molecule has 1 aliphatic heterocycles. The monoisotopic (exact) mass is 462 g/mol. The average molecular weight is 463 g/mol. The van der Waals surface area contributed by atoms with Crippen molar-refractivity contribution in [2.45, 2.75) is 45.4 Å². The highest BCUT2D eigenvalue weighted by molar-refractivity contribution is 6.36. The Morgan fingerprint density at radius 1 is 1.24 bits per heavy atom. The van der Waals surface area contributed by atoms with Gasteiger partial charge >= 0.3 is 0 Å². The van der Waals surface area contributed by atoms with Gasteiger partial charge < -0.3 is 14.7 Å². The second-order valence-corrected chi connectivity index (χ2v) is 9.47. The number of carbonyl (C=O) groups excluding carboxylic acids is 1. The number of piperidine rings is 1. The SMILES string of the molecule is CC(=O)CC1CCN(c2c(C(C)Cc3ncnc4nc[nH]c34)cc(Cl)c3cccnc23)CC1. The number of Topliss-reactive ketones (excluding diaryl/α,β-unsaturated/α-hetero) is 1. The Morgan fingerprint density at radius 2 is 2.06 bits per heavy atom. The number of anilines is 1. The van der Waals surface area contributed by atoms with Gasteiger partial charge in [-0.15, -0.1) is 0 Å². The van der Waals surface area contributed by atoms with Crippen molar-refractivity contribution in [2.24, 2.45) is 5.92 Å². The van der Waals surface area contributed by atoms with Gasteiger partial charge in [0.1, 0.15) is 17.6 Å². The lowest BCUT2D eigenvalue weighted by atomic mass is 9.89. The third kappa shape index (κ3) is 4.29. The van der Waals surface area contributed by atoms with Crippen molar-refractivity contribution in [3.63, 3.8) is 0 Å². The number of imidazole rings is 1. The Morgan fingerprint density at radius 3 is 2.85 bits per heavy atom. The summed E-state index contributed by atoms with van der Waals surface area (Å²) in [7, 11) is 0. The van der Waals surface area contributed by atoms with Crippen LogP contribution in [0.5, 0.6) is 0 Å². The maximum atomic E-state index is 11.6. The summed E-state index contributed by atoms with van der Waals surface area (Å²) in [5.41, 5.74) is 5.75. The molecule has 0 aliphatic carbocycles. The Hall–Kier alpha value is -3.06. The highest BCUT2D eigenvalue weighted by Crippen LogP contribution is 2.41. The second-order valence-electron chi connectivity index (χ2n) is 9.06. The molecule has 1 unspecified atom stereocenters. The normalized spacial score (nSPS) is 15.9. The van der Waals surface area contributed by atoms with E-state index in [1.54, 1.807) is 19.6 Å². The zero-order valence-electron chi connectivity index (χ0n) is 18.9. The molecule has 1 fully saturated rings. The molecule has 1 saturated heterocycles. The summed E-state index contributed by atoms with van der Waals surface area (Å²) in [4.78, 5) is 35.0. The van der Waals surface area contributed by atoms with Crippen molar-refractivity contribution < 1.29 is 4.79 Å². The highest BCUT2D eigenvalue weighted by Gasteiger charge is 2.27. The van der Waals surface area contributed by atoms with Gasteiger partial charge in [-0.3, -0.25) is 4.98 Å². The molecule has 1 atom stereocenters. The predicted molar refractivity (Wildman–Crippen MR) is 131 cm³/mol. The van der Waals surface area contributed by atoms with Crippen LogP contribution in [0, 0.1) is 5.92 Å². The largest absolute Gasteiger partial charge is 0.370 e. The molecule has 1 N–H and O–H groups in total. The molecule has 0 amide bonds. The van der Waals surface area contributed by atoms with E-state index in [9.17, 15) is 4.79 Å². The van der Waals surface area contributed by atoms with Crippen LogP contribution in [-0.4, -0.2) is 43.8 Å². The van der Waals surface area contributed by atoms with Gasteiger partial charge in [-0.2, -0.15) is 0 Å². The summed E-state index contributed by atoms with van der Waals surface area (Å²) in [6, 6.07) is 6.05. The van der Waals surface area contributed by atoms with Crippen molar-refractivity contribution in [3.8, 4) is 0 Å². The lowest BCUT2D eigenvalue weighted by Gasteiger charge is -2.36. The van der Waals surface area contributed by atoms with Gasteiger partial charge in [-0.25, -0.2) is 15.0 Å². The fourth-order valence-corrected chi connectivity index (χ4v) is 5.32. The Kier molecular flexibility index (Phi) is 5.98. The molecule has 1 aliphatic rings. The van der Waals surface area contributed by atoms with Crippen molar-refractivity contribution in [3.05, 3.63) is 53.3 Å². The van der Waals surface area contributed by atoms with Gasteiger partial charge in [0.2, 0.25) is 0 Å². The lowest BCUT2D eigenvalue weighted by molar-refractivity contribution is -0.118. The van der Waals surface area contributed by atoms with Gasteiger partial charge in [-0.05, 0) is 61.8 Å². The van der Waals surface area contributed by atoms with Crippen LogP contribution < -0.4 is 4.90 Å². The molecule has 170 valence electrons. The number of rotatable bonds is 6. The zero-order chi connectivity index (χ0) is 22.9. The Balaban J connectivity index is 1.53. The molecule has 8 heteroatoms. The van der Waals surface area contributed by atoms with Gasteiger partial charge in [0.15, 0.2) is 5.65 Å². The van der Waals surface area contributed by atoms with E-state index >= 15 is 0 Å². The standard InChI is InChI=1S/C25H27ClN6O/c1-15(10-21-23-25(30-13-28-21)31-14-29-23)19-12-20(26)18-4-3-7-27-22(18)24(19)32-8-5-17(6-9-32)11-16(2)33/h3-4,7,12-15,17H,5-6,8-11H2,1-2H3,(H,28,29,30,31). The molecule has 1 aromatic carbocycles. The Labute approximate surface area is 197 Å². The van der Waals surface area contributed by atoms with E-state index in [0.717, 1.165) is 60.2 Å². The van der Waals surface area contributed by atoms with E-state index in [2.05, 4.69) is 37.8 Å². The highest BCUT2D eigenvalue weighted by atomic mass is 35.5. The topological polar surface area (TPSA) is 87.7 Å². The van der Waals surface area contributed by atoms with Crippen LogP contribution in [-0.2, 0) is 11.2 Å². The van der Waals surface area contributed by atoms with Crippen LogP contribution in [0.3, 0.4) is 0 Å². The number of hydrogen-bond acceptors (Lipinski definition) is 6. The molecule has 0 saturated carbocycles. The van der Waals surface area contributed by atoms with Crippen molar-refractivity contribution >= 4 is 45.1 Å². The van der Waals surface area contributed by atoms with Crippen LogP contribution in [0.15, 0.2) is 37.1 Å². The molecule has 7 nitrogen and oxygen atoms in total. The number of hydrogen-bond donors (Lipinski definition) is 1. The van der Waals surface area contributed by atoms with Crippen LogP contribution in [0.2, 0.25) is 5.02 Å². The summed E-state index contributed by atoms with van der Waals surface area (Å²) in [5.74, 6) is 0.886. The molecule has 5 rings (SSSR count). The van der Waals surface area contributed by atoms with Crippen molar-refractivity contribution in [1.29, 1.82) is 0 Å². The number of benzene rings is 1. The van der Waals surface area contributed by atoms with Crippen LogP contribution in [0.4, 0.5) is 5.69 Å². The number of pyridine rings is 1. The van der Waals surface area contributed by atoms with Crippen LogP contribution >= 0.6 is 11.6 Å². The first kappa shape index (κ1) is 21.8. The smallest absolute Gasteiger partial charge is 0.180 e. The first-order chi connectivity index (χ1) is 16.0. The third-order valence-electron chi connectivity index (χ3n) is 6.68. The summed E-state index contributed by atoms with van der Waals surface area (Å²) in [6.07, 6.45) is 8.46. The minimum absolute atomic E-state index is 0.153. The fraction of sp³-hybridized carbons (Fsp3) is 0.400. The van der Waals surface area contributed by atoms with E-state index in [0.29, 0.717) is 23.0 Å². The number of ketones is 1. The van der Waals surface area contributed by atoms with E-state index < -0.39 is 0 Å².